The Bertz CT molecular complexity index is 681. The van der Waals surface area contributed by atoms with Gasteiger partial charge in [-0.15, -0.1) is 0 Å². The van der Waals surface area contributed by atoms with Gasteiger partial charge >= 0.3 is 0 Å². The molecule has 4 N–H and O–H groups in total. The van der Waals surface area contributed by atoms with Crippen LogP contribution in [0.15, 0.2) is 48.5 Å². The third-order valence-electron chi connectivity index (χ3n) is 3.33. The zero-order chi connectivity index (χ0) is 16.7. The summed E-state index contributed by atoms with van der Waals surface area (Å²) < 4.78 is 0. The number of carbonyl (C=O) groups is 2. The minimum atomic E-state index is -0.185. The van der Waals surface area contributed by atoms with Crippen LogP contribution in [0, 0.1) is 0 Å². The minimum absolute atomic E-state index is 0.175. The molecule has 0 aliphatic rings. The highest BCUT2D eigenvalue weighted by atomic mass is 16.2. The second-order valence-electron chi connectivity index (χ2n) is 5.27. The molecule has 0 heterocycles. The van der Waals surface area contributed by atoms with Crippen LogP contribution < -0.4 is 16.4 Å². The summed E-state index contributed by atoms with van der Waals surface area (Å²) in [6, 6.07) is 14.1. The van der Waals surface area contributed by atoms with Crippen molar-refractivity contribution in [1.82, 2.24) is 5.32 Å². The fraction of sp³-hybridized carbons (Fsp3) is 0.222. The van der Waals surface area contributed by atoms with Gasteiger partial charge in [-0.2, -0.15) is 0 Å². The molecule has 0 aliphatic heterocycles. The maximum absolute atomic E-state index is 12.2. The lowest BCUT2D eigenvalue weighted by atomic mass is 10.1. The summed E-state index contributed by atoms with van der Waals surface area (Å²) in [6.45, 7) is 2.59. The minimum Gasteiger partial charge on any atom is -0.399 e. The number of anilines is 2. The van der Waals surface area contributed by atoms with E-state index in [9.17, 15) is 9.59 Å². The second-order valence-corrected chi connectivity index (χ2v) is 5.27. The standard InChI is InChI=1S/C18H21N3O2/c1-2-11-20-18(23)15-5-3-4-6-16(15)21-17(22)12-13-7-9-14(19)10-8-13/h3-10H,2,11-12,19H2,1H3,(H,20,23)(H,21,22). The van der Waals surface area contributed by atoms with E-state index in [-0.39, 0.29) is 18.2 Å². The van der Waals surface area contributed by atoms with E-state index >= 15 is 0 Å². The van der Waals surface area contributed by atoms with Gasteiger partial charge in [0, 0.05) is 12.2 Å². The van der Waals surface area contributed by atoms with Crippen LogP contribution >= 0.6 is 0 Å². The van der Waals surface area contributed by atoms with Gasteiger partial charge in [-0.3, -0.25) is 9.59 Å². The number of nitrogen functional groups attached to an aromatic ring is 1. The Hall–Kier alpha value is -2.82. The zero-order valence-electron chi connectivity index (χ0n) is 13.1. The molecule has 0 spiro atoms. The Morgan fingerprint density at radius 3 is 2.43 bits per heavy atom. The van der Waals surface area contributed by atoms with E-state index in [0.717, 1.165) is 12.0 Å². The van der Waals surface area contributed by atoms with Gasteiger partial charge < -0.3 is 16.4 Å². The van der Waals surface area contributed by atoms with E-state index < -0.39 is 0 Å². The molecule has 5 heteroatoms. The summed E-state index contributed by atoms with van der Waals surface area (Å²) in [5.74, 6) is -0.360. The summed E-state index contributed by atoms with van der Waals surface area (Å²) in [6.07, 6.45) is 1.09. The van der Waals surface area contributed by atoms with Crippen molar-refractivity contribution in [2.24, 2.45) is 0 Å². The largest absolute Gasteiger partial charge is 0.399 e. The molecule has 0 aromatic heterocycles. The van der Waals surface area contributed by atoms with Crippen LogP contribution in [0.25, 0.3) is 0 Å². The molecule has 0 aliphatic carbocycles. The zero-order valence-corrected chi connectivity index (χ0v) is 13.1. The molecular formula is C18H21N3O2. The Labute approximate surface area is 135 Å². The number of nitrogens with one attached hydrogen (secondary N) is 2. The highest BCUT2D eigenvalue weighted by Gasteiger charge is 2.12. The van der Waals surface area contributed by atoms with Crippen molar-refractivity contribution < 1.29 is 9.59 Å². The van der Waals surface area contributed by atoms with Gasteiger partial charge in [0.2, 0.25) is 5.91 Å². The first-order valence-corrected chi connectivity index (χ1v) is 7.61. The third-order valence-corrected chi connectivity index (χ3v) is 3.33. The molecule has 2 amide bonds. The summed E-state index contributed by atoms with van der Waals surface area (Å²) in [5.41, 5.74) is 8.13. The molecule has 0 atom stereocenters. The molecule has 23 heavy (non-hydrogen) atoms. The van der Waals surface area contributed by atoms with Gasteiger partial charge in [-0.05, 0) is 36.2 Å². The third kappa shape index (κ3) is 4.85. The smallest absolute Gasteiger partial charge is 0.253 e. The van der Waals surface area contributed by atoms with Gasteiger partial charge in [-0.25, -0.2) is 0 Å². The van der Waals surface area contributed by atoms with Crippen molar-refractivity contribution in [3.05, 3.63) is 59.7 Å². The number of nitrogens with two attached hydrogens (primary N) is 1. The number of carbonyl (C=O) groups excluding carboxylic acids is 2. The summed E-state index contributed by atoms with van der Waals surface area (Å²) in [5, 5.41) is 5.61. The van der Waals surface area contributed by atoms with Gasteiger partial charge in [0.25, 0.3) is 5.91 Å². The Balaban J connectivity index is 2.05. The molecule has 5 nitrogen and oxygen atoms in total. The number of rotatable bonds is 6. The molecule has 2 aromatic rings. The van der Waals surface area contributed by atoms with Gasteiger partial charge in [-0.1, -0.05) is 31.2 Å². The fourth-order valence-corrected chi connectivity index (χ4v) is 2.14. The maximum Gasteiger partial charge on any atom is 0.253 e. The predicted molar refractivity (Wildman–Crippen MR) is 92.3 cm³/mol. The first-order valence-electron chi connectivity index (χ1n) is 7.61. The summed E-state index contributed by atoms with van der Waals surface area (Å²) in [4.78, 5) is 24.3. The van der Waals surface area contributed by atoms with Crippen LogP contribution in [0.3, 0.4) is 0 Å². The number of hydrogen-bond donors (Lipinski definition) is 3. The molecule has 2 aromatic carbocycles. The van der Waals surface area contributed by atoms with Crippen LogP contribution in [0.5, 0.6) is 0 Å². The first kappa shape index (κ1) is 16.5. The molecule has 0 saturated carbocycles. The van der Waals surface area contributed by atoms with E-state index in [1.54, 1.807) is 36.4 Å². The van der Waals surface area contributed by atoms with E-state index in [4.69, 9.17) is 5.73 Å². The number of hydrogen-bond acceptors (Lipinski definition) is 3. The summed E-state index contributed by atoms with van der Waals surface area (Å²) in [7, 11) is 0. The highest BCUT2D eigenvalue weighted by molar-refractivity contribution is 6.04. The van der Waals surface area contributed by atoms with Crippen LogP contribution in [0.2, 0.25) is 0 Å². The monoisotopic (exact) mass is 311 g/mol. The predicted octanol–water partition coefficient (Wildman–Crippen LogP) is 2.59. The average molecular weight is 311 g/mol. The molecule has 0 unspecified atom stereocenters. The van der Waals surface area contributed by atoms with E-state index in [1.165, 1.54) is 0 Å². The van der Waals surface area contributed by atoms with E-state index in [2.05, 4.69) is 10.6 Å². The molecule has 120 valence electrons. The molecule has 0 saturated heterocycles. The number of benzene rings is 2. The van der Waals surface area contributed by atoms with Crippen LogP contribution in [0.4, 0.5) is 11.4 Å². The molecule has 2 rings (SSSR count). The summed E-state index contributed by atoms with van der Waals surface area (Å²) >= 11 is 0. The topological polar surface area (TPSA) is 84.2 Å². The van der Waals surface area contributed by atoms with Crippen molar-refractivity contribution in [1.29, 1.82) is 0 Å². The second kappa shape index (κ2) is 7.98. The lowest BCUT2D eigenvalue weighted by Gasteiger charge is -2.11. The maximum atomic E-state index is 12.2. The Morgan fingerprint density at radius 1 is 1.04 bits per heavy atom. The average Bonchev–Trinajstić information content (AvgIpc) is 2.55. The van der Waals surface area contributed by atoms with Gasteiger partial charge in [0.1, 0.15) is 0 Å². The van der Waals surface area contributed by atoms with E-state index in [1.807, 2.05) is 19.1 Å². The van der Waals surface area contributed by atoms with Crippen LogP contribution in [0.1, 0.15) is 29.3 Å². The van der Waals surface area contributed by atoms with Crippen LogP contribution in [-0.4, -0.2) is 18.4 Å². The van der Waals surface area contributed by atoms with Crippen LogP contribution in [-0.2, 0) is 11.2 Å². The van der Waals surface area contributed by atoms with Crippen molar-refractivity contribution in [2.45, 2.75) is 19.8 Å². The number of amides is 2. The molecule has 0 bridgehead atoms. The Morgan fingerprint density at radius 2 is 1.74 bits per heavy atom. The first-order chi connectivity index (χ1) is 11.1. The normalized spacial score (nSPS) is 10.1. The van der Waals surface area contributed by atoms with Crippen molar-refractivity contribution in [2.75, 3.05) is 17.6 Å². The molecule has 0 fully saturated rings. The highest BCUT2D eigenvalue weighted by Crippen LogP contribution is 2.16. The Kier molecular flexibility index (Phi) is 5.74. The quantitative estimate of drug-likeness (QED) is 0.717. The van der Waals surface area contributed by atoms with E-state index in [0.29, 0.717) is 23.5 Å². The van der Waals surface area contributed by atoms with Crippen molar-refractivity contribution in [3.8, 4) is 0 Å². The van der Waals surface area contributed by atoms with Crippen molar-refractivity contribution in [3.63, 3.8) is 0 Å². The SMILES string of the molecule is CCCNC(=O)c1ccccc1NC(=O)Cc1ccc(N)cc1. The lowest BCUT2D eigenvalue weighted by molar-refractivity contribution is -0.115. The lowest BCUT2D eigenvalue weighted by Crippen LogP contribution is -2.26. The van der Waals surface area contributed by atoms with Gasteiger partial charge in [0.05, 0.1) is 17.7 Å². The fourth-order valence-electron chi connectivity index (χ4n) is 2.14. The van der Waals surface area contributed by atoms with Crippen molar-refractivity contribution >= 4 is 23.2 Å². The number of para-hydroxylation sites is 1. The molecule has 0 radical (unpaired) electrons. The molecular weight excluding hydrogens is 290 g/mol. The van der Waals surface area contributed by atoms with Gasteiger partial charge in [0.15, 0.2) is 0 Å².